The maximum absolute atomic E-state index is 11.7. The molecule has 0 amide bonds. The van der Waals surface area contributed by atoms with Crippen LogP contribution in [0.25, 0.3) is 0 Å². The summed E-state index contributed by atoms with van der Waals surface area (Å²) in [5.74, 6) is 0. The highest BCUT2D eigenvalue weighted by Gasteiger charge is 2.14. The molecule has 0 aliphatic rings. The van der Waals surface area contributed by atoms with Gasteiger partial charge in [-0.25, -0.2) is 13.1 Å². The van der Waals surface area contributed by atoms with Gasteiger partial charge in [-0.1, -0.05) is 13.8 Å². The molecule has 0 radical (unpaired) electrons. The largest absolute Gasteiger partial charge is 0.304 e. The first-order valence-electron chi connectivity index (χ1n) is 5.81. The molecule has 6 nitrogen and oxygen atoms in total. The zero-order valence-corrected chi connectivity index (χ0v) is 11.1. The molecular formula is C10H20N4O2S. The lowest BCUT2D eigenvalue weighted by molar-refractivity contribution is 0.300. The van der Waals surface area contributed by atoms with Crippen molar-refractivity contribution in [3.05, 3.63) is 12.3 Å². The predicted molar refractivity (Wildman–Crippen MR) is 66.2 cm³/mol. The molecule has 0 aliphatic carbocycles. The van der Waals surface area contributed by atoms with Gasteiger partial charge in [0.2, 0.25) is 0 Å². The fourth-order valence-corrected chi connectivity index (χ4v) is 2.50. The van der Waals surface area contributed by atoms with E-state index in [1.807, 2.05) is 0 Å². The predicted octanol–water partition coefficient (Wildman–Crippen LogP) is 0.420. The number of H-pyrrole nitrogens is 1. The van der Waals surface area contributed by atoms with Gasteiger partial charge in [0.1, 0.15) is 0 Å². The molecular weight excluding hydrogens is 240 g/mol. The Labute approximate surface area is 102 Å². The van der Waals surface area contributed by atoms with E-state index in [0.29, 0.717) is 6.54 Å². The molecule has 1 aromatic rings. The first-order valence-corrected chi connectivity index (χ1v) is 7.30. The lowest BCUT2D eigenvalue weighted by atomic mass is 10.4. The molecule has 0 spiro atoms. The number of nitrogens with zero attached hydrogens (tertiary/aromatic N) is 2. The highest BCUT2D eigenvalue weighted by atomic mass is 32.2. The second kappa shape index (κ2) is 6.73. The SMILES string of the molecule is CCN(CC)CCCNS(=O)(=O)c1ccn[nH]1. The Bertz CT molecular complexity index is 398. The highest BCUT2D eigenvalue weighted by molar-refractivity contribution is 7.89. The average Bonchev–Trinajstić information content (AvgIpc) is 2.83. The van der Waals surface area contributed by atoms with E-state index in [0.717, 1.165) is 26.1 Å². The average molecular weight is 260 g/mol. The Morgan fingerprint density at radius 1 is 1.41 bits per heavy atom. The standard InChI is InChI=1S/C10H20N4O2S/c1-3-14(4-2)9-5-7-12-17(15,16)10-6-8-11-13-10/h6,8,12H,3-5,7,9H2,1-2H3,(H,11,13). The van der Waals surface area contributed by atoms with Crippen molar-refractivity contribution in [3.8, 4) is 0 Å². The molecule has 1 rings (SSSR count). The summed E-state index contributed by atoms with van der Waals surface area (Å²) in [6, 6.07) is 1.44. The summed E-state index contributed by atoms with van der Waals surface area (Å²) >= 11 is 0. The summed E-state index contributed by atoms with van der Waals surface area (Å²) in [6.07, 6.45) is 2.22. The van der Waals surface area contributed by atoms with Crippen LogP contribution in [0.2, 0.25) is 0 Å². The molecule has 0 aliphatic heterocycles. The number of aromatic nitrogens is 2. The summed E-state index contributed by atoms with van der Waals surface area (Å²) in [6.45, 7) is 7.51. The van der Waals surface area contributed by atoms with Crippen molar-refractivity contribution in [1.82, 2.24) is 19.8 Å². The third-order valence-electron chi connectivity index (χ3n) is 2.60. The van der Waals surface area contributed by atoms with Crippen LogP contribution in [0.3, 0.4) is 0 Å². The fraction of sp³-hybridized carbons (Fsp3) is 0.700. The van der Waals surface area contributed by atoms with Crippen molar-refractivity contribution in [1.29, 1.82) is 0 Å². The number of hydrogen-bond donors (Lipinski definition) is 2. The molecule has 1 heterocycles. The molecule has 7 heteroatoms. The summed E-state index contributed by atoms with van der Waals surface area (Å²) in [4.78, 5) is 2.25. The summed E-state index contributed by atoms with van der Waals surface area (Å²) in [5.41, 5.74) is 0. The van der Waals surface area contributed by atoms with Crippen LogP contribution in [0.5, 0.6) is 0 Å². The molecule has 2 N–H and O–H groups in total. The molecule has 0 atom stereocenters. The number of aromatic amines is 1. The van der Waals surface area contributed by atoms with E-state index in [2.05, 4.69) is 33.7 Å². The topological polar surface area (TPSA) is 78.1 Å². The van der Waals surface area contributed by atoms with Crippen LogP contribution in [0.4, 0.5) is 0 Å². The van der Waals surface area contributed by atoms with Gasteiger partial charge in [-0.15, -0.1) is 0 Å². The summed E-state index contributed by atoms with van der Waals surface area (Å²) < 4.78 is 25.9. The van der Waals surface area contributed by atoms with Crippen molar-refractivity contribution in [2.75, 3.05) is 26.2 Å². The minimum atomic E-state index is -3.41. The minimum absolute atomic E-state index is 0.111. The van der Waals surface area contributed by atoms with Gasteiger partial charge in [-0.3, -0.25) is 5.10 Å². The van der Waals surface area contributed by atoms with Crippen molar-refractivity contribution in [2.24, 2.45) is 0 Å². The van der Waals surface area contributed by atoms with Crippen LogP contribution in [0.15, 0.2) is 17.3 Å². The van der Waals surface area contributed by atoms with Crippen LogP contribution in [0, 0.1) is 0 Å². The Kier molecular flexibility index (Phi) is 5.60. The normalized spacial score (nSPS) is 12.2. The van der Waals surface area contributed by atoms with Gasteiger partial charge in [0.25, 0.3) is 10.0 Å². The maximum Gasteiger partial charge on any atom is 0.257 e. The van der Waals surface area contributed by atoms with Gasteiger partial charge in [0.15, 0.2) is 5.03 Å². The van der Waals surface area contributed by atoms with Crippen molar-refractivity contribution < 1.29 is 8.42 Å². The van der Waals surface area contributed by atoms with Crippen LogP contribution in [-0.4, -0.2) is 49.7 Å². The summed E-state index contributed by atoms with van der Waals surface area (Å²) in [5, 5.41) is 6.17. The van der Waals surface area contributed by atoms with Gasteiger partial charge >= 0.3 is 0 Å². The van der Waals surface area contributed by atoms with Crippen LogP contribution in [-0.2, 0) is 10.0 Å². The van der Waals surface area contributed by atoms with Crippen LogP contribution < -0.4 is 4.72 Å². The Morgan fingerprint density at radius 3 is 2.65 bits per heavy atom. The number of nitrogens with one attached hydrogen (secondary N) is 2. The number of sulfonamides is 1. The number of rotatable bonds is 8. The lowest BCUT2D eigenvalue weighted by Crippen LogP contribution is -2.30. The third kappa shape index (κ3) is 4.45. The zero-order chi connectivity index (χ0) is 12.7. The molecule has 0 aromatic carbocycles. The first kappa shape index (κ1) is 14.1. The molecule has 0 fully saturated rings. The molecule has 1 aromatic heterocycles. The monoisotopic (exact) mass is 260 g/mol. The second-order valence-corrected chi connectivity index (χ2v) is 5.43. The van der Waals surface area contributed by atoms with E-state index >= 15 is 0 Å². The molecule has 0 unspecified atom stereocenters. The highest BCUT2D eigenvalue weighted by Crippen LogP contribution is 2.01. The molecule has 0 saturated heterocycles. The first-order chi connectivity index (χ1) is 8.10. The zero-order valence-electron chi connectivity index (χ0n) is 10.3. The lowest BCUT2D eigenvalue weighted by Gasteiger charge is -2.17. The fourth-order valence-electron chi connectivity index (χ4n) is 1.52. The molecule has 0 saturated carbocycles. The van der Waals surface area contributed by atoms with Gasteiger partial charge in [0, 0.05) is 6.54 Å². The van der Waals surface area contributed by atoms with Gasteiger partial charge in [0.05, 0.1) is 6.20 Å². The quantitative estimate of drug-likeness (QED) is 0.664. The maximum atomic E-state index is 11.7. The molecule has 98 valence electrons. The van der Waals surface area contributed by atoms with Crippen molar-refractivity contribution >= 4 is 10.0 Å². The van der Waals surface area contributed by atoms with E-state index in [4.69, 9.17) is 0 Å². The Balaban J connectivity index is 2.32. The third-order valence-corrected chi connectivity index (χ3v) is 3.99. The van der Waals surface area contributed by atoms with E-state index < -0.39 is 10.0 Å². The van der Waals surface area contributed by atoms with Gasteiger partial charge < -0.3 is 4.90 Å². The van der Waals surface area contributed by atoms with E-state index in [1.165, 1.54) is 12.3 Å². The Hall–Kier alpha value is -0.920. The summed E-state index contributed by atoms with van der Waals surface area (Å²) in [7, 11) is -3.41. The van der Waals surface area contributed by atoms with Crippen LogP contribution in [0.1, 0.15) is 20.3 Å². The van der Waals surface area contributed by atoms with E-state index in [-0.39, 0.29) is 5.03 Å². The minimum Gasteiger partial charge on any atom is -0.304 e. The van der Waals surface area contributed by atoms with Gasteiger partial charge in [-0.2, -0.15) is 5.10 Å². The van der Waals surface area contributed by atoms with Crippen molar-refractivity contribution in [3.63, 3.8) is 0 Å². The van der Waals surface area contributed by atoms with Crippen LogP contribution >= 0.6 is 0 Å². The molecule has 17 heavy (non-hydrogen) atoms. The smallest absolute Gasteiger partial charge is 0.257 e. The second-order valence-electron chi connectivity index (χ2n) is 3.70. The number of hydrogen-bond acceptors (Lipinski definition) is 4. The Morgan fingerprint density at radius 2 is 2.12 bits per heavy atom. The van der Waals surface area contributed by atoms with E-state index in [1.54, 1.807) is 0 Å². The van der Waals surface area contributed by atoms with E-state index in [9.17, 15) is 8.42 Å². The molecule has 0 bridgehead atoms. The van der Waals surface area contributed by atoms with Gasteiger partial charge in [-0.05, 0) is 32.1 Å². The van der Waals surface area contributed by atoms with Crippen molar-refractivity contribution in [2.45, 2.75) is 25.3 Å².